The summed E-state index contributed by atoms with van der Waals surface area (Å²) in [7, 11) is 2.07. The van der Waals surface area contributed by atoms with E-state index in [1.807, 2.05) is 10.9 Å². The molecule has 6 heteroatoms. The molecule has 1 aliphatic rings. The third-order valence-corrected chi connectivity index (χ3v) is 4.83. The first-order valence-electron chi connectivity index (χ1n) is 8.57. The molecule has 4 rings (SSSR count). The molecule has 0 unspecified atom stereocenters. The summed E-state index contributed by atoms with van der Waals surface area (Å²) >= 11 is 0. The van der Waals surface area contributed by atoms with Crippen LogP contribution in [0.25, 0.3) is 10.9 Å². The highest BCUT2D eigenvalue weighted by atomic mass is 16.5. The van der Waals surface area contributed by atoms with Crippen LogP contribution < -0.4 is 4.74 Å². The van der Waals surface area contributed by atoms with Crippen LogP contribution in [0.1, 0.15) is 12.8 Å². The average molecular weight is 325 g/mol. The first-order chi connectivity index (χ1) is 11.8. The van der Waals surface area contributed by atoms with E-state index in [-0.39, 0.29) is 0 Å². The minimum atomic E-state index is 0.304. The van der Waals surface area contributed by atoms with Crippen LogP contribution in [-0.2, 0) is 13.6 Å². The molecule has 1 fully saturated rings. The third-order valence-electron chi connectivity index (χ3n) is 4.83. The molecule has 1 aromatic carbocycles. The van der Waals surface area contributed by atoms with E-state index in [4.69, 9.17) is 4.74 Å². The fourth-order valence-corrected chi connectivity index (χ4v) is 3.40. The molecule has 126 valence electrons. The Morgan fingerprint density at radius 2 is 2.00 bits per heavy atom. The van der Waals surface area contributed by atoms with E-state index in [2.05, 4.69) is 57.3 Å². The molecule has 2 aromatic heterocycles. The van der Waals surface area contributed by atoms with Gasteiger partial charge < -0.3 is 14.2 Å². The number of piperidine rings is 1. The zero-order valence-corrected chi connectivity index (χ0v) is 14.0. The van der Waals surface area contributed by atoms with E-state index in [0.29, 0.717) is 6.10 Å². The van der Waals surface area contributed by atoms with Gasteiger partial charge in [0.15, 0.2) is 0 Å². The number of hydrogen-bond acceptors (Lipinski definition) is 4. The summed E-state index contributed by atoms with van der Waals surface area (Å²) in [5.41, 5.74) is 1.22. The van der Waals surface area contributed by atoms with Gasteiger partial charge in [0.1, 0.15) is 11.9 Å². The zero-order chi connectivity index (χ0) is 16.4. The number of hydrogen-bond donors (Lipinski definition) is 0. The monoisotopic (exact) mass is 325 g/mol. The summed E-state index contributed by atoms with van der Waals surface area (Å²) in [5.74, 6) is 1.01. The topological polar surface area (TPSA) is 48.1 Å². The van der Waals surface area contributed by atoms with Gasteiger partial charge in [0.25, 0.3) is 0 Å². The summed E-state index contributed by atoms with van der Waals surface area (Å²) < 4.78 is 10.3. The molecule has 0 saturated carbocycles. The van der Waals surface area contributed by atoms with Crippen LogP contribution in [0.5, 0.6) is 5.75 Å². The molecule has 3 aromatic rings. The summed E-state index contributed by atoms with van der Waals surface area (Å²) in [4.78, 5) is 2.48. The molecular weight excluding hydrogens is 302 g/mol. The standard InChI is InChI=1S/C18H23N5O/c1-21-9-7-16-17(21)3-2-4-18(16)24-15-5-10-22(11-6-15)13-14-23-12-8-19-20-23/h2-4,7-9,12,15H,5-6,10-11,13-14H2,1H3. The Hall–Kier alpha value is -2.34. The maximum Gasteiger partial charge on any atom is 0.129 e. The number of aromatic nitrogens is 4. The number of fused-ring (bicyclic) bond motifs is 1. The molecule has 0 amide bonds. The largest absolute Gasteiger partial charge is 0.490 e. The third kappa shape index (κ3) is 3.14. The predicted molar refractivity (Wildman–Crippen MR) is 93.0 cm³/mol. The lowest BCUT2D eigenvalue weighted by Gasteiger charge is -2.32. The molecule has 0 bridgehead atoms. The van der Waals surface area contributed by atoms with E-state index >= 15 is 0 Å². The van der Waals surface area contributed by atoms with Gasteiger partial charge in [-0.1, -0.05) is 11.3 Å². The zero-order valence-electron chi connectivity index (χ0n) is 14.0. The van der Waals surface area contributed by atoms with Crippen molar-refractivity contribution in [3.05, 3.63) is 42.9 Å². The molecule has 6 nitrogen and oxygen atoms in total. The second-order valence-corrected chi connectivity index (χ2v) is 6.44. The van der Waals surface area contributed by atoms with E-state index in [1.54, 1.807) is 6.20 Å². The van der Waals surface area contributed by atoms with Crippen LogP contribution >= 0.6 is 0 Å². The highest BCUT2D eigenvalue weighted by Gasteiger charge is 2.21. The Labute approximate surface area is 141 Å². The number of rotatable bonds is 5. The van der Waals surface area contributed by atoms with E-state index in [0.717, 1.165) is 44.8 Å². The lowest BCUT2D eigenvalue weighted by Crippen LogP contribution is -2.39. The average Bonchev–Trinajstić information content (AvgIpc) is 3.25. The molecule has 1 aliphatic heterocycles. The Balaban J connectivity index is 1.32. The molecule has 24 heavy (non-hydrogen) atoms. The SMILES string of the molecule is Cn1ccc2c(OC3CCN(CCn4ccnn4)CC3)cccc21. The van der Waals surface area contributed by atoms with Crippen molar-refractivity contribution in [1.29, 1.82) is 0 Å². The van der Waals surface area contributed by atoms with Crippen LogP contribution in [0.2, 0.25) is 0 Å². The molecule has 0 N–H and O–H groups in total. The molecule has 0 atom stereocenters. The van der Waals surface area contributed by atoms with Crippen LogP contribution in [-0.4, -0.2) is 50.2 Å². The molecule has 3 heterocycles. The minimum Gasteiger partial charge on any atom is -0.490 e. The van der Waals surface area contributed by atoms with Crippen molar-refractivity contribution in [2.45, 2.75) is 25.5 Å². The highest BCUT2D eigenvalue weighted by molar-refractivity contribution is 5.86. The van der Waals surface area contributed by atoms with Gasteiger partial charge in [0, 0.05) is 44.5 Å². The second-order valence-electron chi connectivity index (χ2n) is 6.44. The van der Waals surface area contributed by atoms with Crippen LogP contribution in [0.4, 0.5) is 0 Å². The van der Waals surface area contributed by atoms with Crippen molar-refractivity contribution in [3.63, 3.8) is 0 Å². The molecular formula is C18H23N5O. The molecule has 1 saturated heterocycles. The normalized spacial score (nSPS) is 16.7. The number of benzene rings is 1. The van der Waals surface area contributed by atoms with Crippen LogP contribution in [0.15, 0.2) is 42.9 Å². The van der Waals surface area contributed by atoms with Crippen molar-refractivity contribution in [2.24, 2.45) is 7.05 Å². The van der Waals surface area contributed by atoms with E-state index in [1.165, 1.54) is 10.9 Å². The smallest absolute Gasteiger partial charge is 0.129 e. The van der Waals surface area contributed by atoms with Crippen LogP contribution in [0, 0.1) is 0 Å². The maximum atomic E-state index is 6.31. The number of nitrogens with zero attached hydrogens (tertiary/aromatic N) is 5. The van der Waals surface area contributed by atoms with E-state index in [9.17, 15) is 0 Å². The van der Waals surface area contributed by atoms with E-state index < -0.39 is 0 Å². The van der Waals surface area contributed by atoms with Gasteiger partial charge in [0.05, 0.1) is 18.3 Å². The Kier molecular flexibility index (Phi) is 4.21. The van der Waals surface area contributed by atoms with Gasteiger partial charge in [-0.2, -0.15) is 0 Å². The van der Waals surface area contributed by atoms with Gasteiger partial charge in [-0.25, -0.2) is 0 Å². The molecule has 0 aliphatic carbocycles. The highest BCUT2D eigenvalue weighted by Crippen LogP contribution is 2.28. The van der Waals surface area contributed by atoms with Crippen molar-refractivity contribution >= 4 is 10.9 Å². The number of likely N-dealkylation sites (tertiary alicyclic amines) is 1. The fraction of sp³-hybridized carbons (Fsp3) is 0.444. The van der Waals surface area contributed by atoms with Gasteiger partial charge in [-0.15, -0.1) is 5.10 Å². The number of aryl methyl sites for hydroxylation is 1. The lowest BCUT2D eigenvalue weighted by atomic mass is 10.1. The van der Waals surface area contributed by atoms with Crippen molar-refractivity contribution in [1.82, 2.24) is 24.5 Å². The lowest BCUT2D eigenvalue weighted by molar-refractivity contribution is 0.0990. The van der Waals surface area contributed by atoms with Crippen molar-refractivity contribution in [2.75, 3.05) is 19.6 Å². The maximum absolute atomic E-state index is 6.31. The second kappa shape index (κ2) is 6.65. The first-order valence-corrected chi connectivity index (χ1v) is 8.57. The van der Waals surface area contributed by atoms with Crippen LogP contribution in [0.3, 0.4) is 0 Å². The quantitative estimate of drug-likeness (QED) is 0.722. The summed E-state index contributed by atoms with van der Waals surface area (Å²) in [6.45, 7) is 4.06. The first kappa shape index (κ1) is 15.2. The minimum absolute atomic E-state index is 0.304. The predicted octanol–water partition coefficient (Wildman–Crippen LogP) is 2.31. The van der Waals surface area contributed by atoms with Gasteiger partial charge in [-0.3, -0.25) is 4.68 Å². The van der Waals surface area contributed by atoms with Gasteiger partial charge in [0.2, 0.25) is 0 Å². The summed E-state index contributed by atoms with van der Waals surface area (Å²) in [6, 6.07) is 8.43. The Bertz CT molecular complexity index is 787. The Morgan fingerprint density at radius 1 is 1.12 bits per heavy atom. The summed E-state index contributed by atoms with van der Waals surface area (Å²) in [6.07, 6.45) is 8.17. The fourth-order valence-electron chi connectivity index (χ4n) is 3.40. The van der Waals surface area contributed by atoms with Crippen molar-refractivity contribution < 1.29 is 4.74 Å². The summed E-state index contributed by atoms with van der Waals surface area (Å²) in [5, 5.41) is 9.06. The molecule has 0 spiro atoms. The molecule has 0 radical (unpaired) electrons. The Morgan fingerprint density at radius 3 is 2.79 bits per heavy atom. The van der Waals surface area contributed by atoms with Crippen molar-refractivity contribution in [3.8, 4) is 5.75 Å². The number of ether oxygens (including phenoxy) is 1. The van der Waals surface area contributed by atoms with Gasteiger partial charge >= 0.3 is 0 Å². The van der Waals surface area contributed by atoms with Gasteiger partial charge in [-0.05, 0) is 31.0 Å².